The van der Waals surface area contributed by atoms with Crippen molar-refractivity contribution in [1.82, 2.24) is 20.4 Å². The van der Waals surface area contributed by atoms with Crippen molar-refractivity contribution in [3.05, 3.63) is 17.5 Å². The van der Waals surface area contributed by atoms with Crippen LogP contribution in [0.4, 0.5) is 0 Å². The van der Waals surface area contributed by atoms with E-state index in [-0.39, 0.29) is 5.91 Å². The zero-order valence-corrected chi connectivity index (χ0v) is 10.5. The molecule has 5 nitrogen and oxygen atoms in total. The van der Waals surface area contributed by atoms with E-state index in [1.54, 1.807) is 11.7 Å². The van der Waals surface area contributed by atoms with Crippen molar-refractivity contribution in [3.8, 4) is 0 Å². The first-order chi connectivity index (χ1) is 8.16. The molecule has 1 fully saturated rings. The third-order valence-corrected chi connectivity index (χ3v) is 3.16. The van der Waals surface area contributed by atoms with Gasteiger partial charge in [-0.3, -0.25) is 9.48 Å². The maximum Gasteiger partial charge on any atom is 0.269 e. The molecule has 2 rings (SSSR count). The minimum Gasteiger partial charge on any atom is -0.349 e. The van der Waals surface area contributed by atoms with Gasteiger partial charge in [-0.15, -0.1) is 0 Å². The molecule has 94 valence electrons. The number of hydrogen-bond acceptors (Lipinski definition) is 3. The van der Waals surface area contributed by atoms with Crippen LogP contribution in [0.1, 0.15) is 35.4 Å². The van der Waals surface area contributed by atoms with Gasteiger partial charge in [-0.25, -0.2) is 0 Å². The lowest BCUT2D eigenvalue weighted by atomic mass is 10.1. The number of aryl methyl sites for hydroxylation is 2. The standard InChI is InChI=1S/C12H20N4O/c1-9-7-11(16(2)15-9)12(17)14-8-10-5-3-4-6-13-10/h7,10,13H,3-6,8H2,1-2H3,(H,14,17). The van der Waals surface area contributed by atoms with Crippen molar-refractivity contribution in [2.45, 2.75) is 32.2 Å². The van der Waals surface area contributed by atoms with E-state index in [4.69, 9.17) is 0 Å². The van der Waals surface area contributed by atoms with Gasteiger partial charge in [0.25, 0.3) is 5.91 Å². The van der Waals surface area contributed by atoms with E-state index in [0.717, 1.165) is 18.7 Å². The van der Waals surface area contributed by atoms with Gasteiger partial charge in [0, 0.05) is 19.6 Å². The number of hydrogen-bond donors (Lipinski definition) is 2. The van der Waals surface area contributed by atoms with E-state index in [2.05, 4.69) is 15.7 Å². The molecule has 1 saturated heterocycles. The SMILES string of the molecule is Cc1cc(C(=O)NCC2CCCCN2)n(C)n1. The summed E-state index contributed by atoms with van der Waals surface area (Å²) in [6, 6.07) is 2.23. The number of rotatable bonds is 3. The van der Waals surface area contributed by atoms with Gasteiger partial charge >= 0.3 is 0 Å². The molecular weight excluding hydrogens is 216 g/mol. The van der Waals surface area contributed by atoms with Crippen LogP contribution >= 0.6 is 0 Å². The van der Waals surface area contributed by atoms with Crippen LogP contribution in [-0.4, -0.2) is 34.8 Å². The number of nitrogens with one attached hydrogen (secondary N) is 2. The first-order valence-electron chi connectivity index (χ1n) is 6.19. The van der Waals surface area contributed by atoms with Crippen molar-refractivity contribution < 1.29 is 4.79 Å². The molecule has 2 heterocycles. The summed E-state index contributed by atoms with van der Waals surface area (Å²) in [5, 5.41) is 10.5. The Bertz CT molecular complexity index is 393. The Morgan fingerprint density at radius 3 is 3.06 bits per heavy atom. The van der Waals surface area contributed by atoms with E-state index in [1.165, 1.54) is 12.8 Å². The Balaban J connectivity index is 1.86. The molecule has 1 amide bonds. The quantitative estimate of drug-likeness (QED) is 0.808. The molecule has 1 aromatic rings. The smallest absolute Gasteiger partial charge is 0.269 e. The average Bonchev–Trinajstić information content (AvgIpc) is 2.67. The van der Waals surface area contributed by atoms with Crippen LogP contribution in [0, 0.1) is 6.92 Å². The van der Waals surface area contributed by atoms with E-state index in [9.17, 15) is 4.79 Å². The van der Waals surface area contributed by atoms with Gasteiger partial charge in [-0.1, -0.05) is 6.42 Å². The number of carbonyl (C=O) groups excluding carboxylic acids is 1. The fourth-order valence-corrected chi connectivity index (χ4v) is 2.23. The van der Waals surface area contributed by atoms with E-state index in [1.807, 2.05) is 13.0 Å². The van der Waals surface area contributed by atoms with E-state index in [0.29, 0.717) is 18.3 Å². The molecule has 0 radical (unpaired) electrons. The molecular formula is C12H20N4O. The second-order valence-electron chi connectivity index (χ2n) is 4.65. The summed E-state index contributed by atoms with van der Waals surface area (Å²) in [6.45, 7) is 3.65. The number of nitrogens with zero attached hydrogens (tertiary/aromatic N) is 2. The Labute approximate surface area is 102 Å². The largest absolute Gasteiger partial charge is 0.349 e. The second kappa shape index (κ2) is 5.31. The fourth-order valence-electron chi connectivity index (χ4n) is 2.23. The lowest BCUT2D eigenvalue weighted by molar-refractivity contribution is 0.0938. The van der Waals surface area contributed by atoms with E-state index >= 15 is 0 Å². The van der Waals surface area contributed by atoms with Crippen LogP contribution in [0.15, 0.2) is 6.07 Å². The second-order valence-corrected chi connectivity index (χ2v) is 4.65. The number of piperidine rings is 1. The van der Waals surface area contributed by atoms with Gasteiger partial charge in [0.1, 0.15) is 5.69 Å². The Morgan fingerprint density at radius 1 is 1.65 bits per heavy atom. The Kier molecular flexibility index (Phi) is 3.78. The average molecular weight is 236 g/mol. The first kappa shape index (κ1) is 12.1. The van der Waals surface area contributed by atoms with Crippen LogP contribution in [0.25, 0.3) is 0 Å². The zero-order valence-electron chi connectivity index (χ0n) is 10.5. The minimum absolute atomic E-state index is 0.0412. The molecule has 1 atom stereocenters. The molecule has 2 N–H and O–H groups in total. The molecule has 5 heteroatoms. The van der Waals surface area contributed by atoms with Crippen molar-refractivity contribution in [2.24, 2.45) is 7.05 Å². The molecule has 1 unspecified atom stereocenters. The third-order valence-electron chi connectivity index (χ3n) is 3.16. The Morgan fingerprint density at radius 2 is 2.47 bits per heavy atom. The van der Waals surface area contributed by atoms with Crippen LogP contribution in [0.3, 0.4) is 0 Å². The summed E-state index contributed by atoms with van der Waals surface area (Å²) < 4.78 is 1.62. The summed E-state index contributed by atoms with van der Waals surface area (Å²) in [5.41, 5.74) is 1.49. The molecule has 0 bridgehead atoms. The molecule has 0 aliphatic carbocycles. The number of carbonyl (C=O) groups is 1. The molecule has 1 aliphatic heterocycles. The van der Waals surface area contributed by atoms with Gasteiger partial charge < -0.3 is 10.6 Å². The van der Waals surface area contributed by atoms with Gasteiger partial charge in [0.05, 0.1) is 5.69 Å². The highest BCUT2D eigenvalue weighted by Gasteiger charge is 2.16. The lowest BCUT2D eigenvalue weighted by Crippen LogP contribution is -2.43. The Hall–Kier alpha value is -1.36. The molecule has 17 heavy (non-hydrogen) atoms. The topological polar surface area (TPSA) is 59.0 Å². The van der Waals surface area contributed by atoms with Gasteiger partial charge in [-0.05, 0) is 32.4 Å². The maximum absolute atomic E-state index is 11.9. The summed E-state index contributed by atoms with van der Waals surface area (Å²) in [4.78, 5) is 11.9. The summed E-state index contributed by atoms with van der Waals surface area (Å²) in [7, 11) is 1.79. The van der Waals surface area contributed by atoms with Crippen LogP contribution in [0.5, 0.6) is 0 Å². The highest BCUT2D eigenvalue weighted by atomic mass is 16.2. The lowest BCUT2D eigenvalue weighted by Gasteiger charge is -2.23. The molecule has 1 aliphatic rings. The van der Waals surface area contributed by atoms with Crippen LogP contribution < -0.4 is 10.6 Å². The van der Waals surface area contributed by atoms with Crippen LogP contribution in [0.2, 0.25) is 0 Å². The summed E-state index contributed by atoms with van der Waals surface area (Å²) in [5.74, 6) is -0.0412. The van der Waals surface area contributed by atoms with Gasteiger partial charge in [-0.2, -0.15) is 5.10 Å². The predicted molar refractivity (Wildman–Crippen MR) is 65.9 cm³/mol. The first-order valence-corrected chi connectivity index (χ1v) is 6.19. The number of aromatic nitrogens is 2. The summed E-state index contributed by atoms with van der Waals surface area (Å²) >= 11 is 0. The zero-order chi connectivity index (χ0) is 12.3. The normalized spacial score (nSPS) is 20.2. The third kappa shape index (κ3) is 3.06. The maximum atomic E-state index is 11.9. The highest BCUT2D eigenvalue weighted by molar-refractivity contribution is 5.92. The van der Waals surface area contributed by atoms with Crippen molar-refractivity contribution in [2.75, 3.05) is 13.1 Å². The molecule has 0 saturated carbocycles. The van der Waals surface area contributed by atoms with Gasteiger partial charge in [0.2, 0.25) is 0 Å². The van der Waals surface area contributed by atoms with Crippen LogP contribution in [-0.2, 0) is 7.05 Å². The van der Waals surface area contributed by atoms with E-state index < -0.39 is 0 Å². The summed E-state index contributed by atoms with van der Waals surface area (Å²) in [6.07, 6.45) is 3.63. The predicted octanol–water partition coefficient (Wildman–Crippen LogP) is 0.600. The monoisotopic (exact) mass is 236 g/mol. The van der Waals surface area contributed by atoms with Gasteiger partial charge in [0.15, 0.2) is 0 Å². The molecule has 0 spiro atoms. The minimum atomic E-state index is -0.0412. The molecule has 0 aromatic carbocycles. The van der Waals surface area contributed by atoms with Crippen molar-refractivity contribution in [1.29, 1.82) is 0 Å². The van der Waals surface area contributed by atoms with Crippen molar-refractivity contribution >= 4 is 5.91 Å². The number of amides is 1. The van der Waals surface area contributed by atoms with Crippen molar-refractivity contribution in [3.63, 3.8) is 0 Å². The molecule has 1 aromatic heterocycles. The fraction of sp³-hybridized carbons (Fsp3) is 0.667. The highest BCUT2D eigenvalue weighted by Crippen LogP contribution is 2.06.